The Morgan fingerprint density at radius 2 is 2.00 bits per heavy atom. The second-order valence-corrected chi connectivity index (χ2v) is 3.93. The lowest BCUT2D eigenvalue weighted by Crippen LogP contribution is -2.28. The van der Waals surface area contributed by atoms with Gasteiger partial charge in [-0.2, -0.15) is 0 Å². The molecule has 0 saturated carbocycles. The molecule has 1 atom stereocenters. The molecule has 17 heavy (non-hydrogen) atoms. The zero-order valence-electron chi connectivity index (χ0n) is 9.43. The number of imide groups is 1. The zero-order valence-corrected chi connectivity index (χ0v) is 9.43. The number of amides is 2. The van der Waals surface area contributed by atoms with Crippen LogP contribution >= 0.6 is 0 Å². The van der Waals surface area contributed by atoms with Crippen LogP contribution in [0.25, 0.3) is 0 Å². The number of carbonyl (C=O) groups excluding carboxylic acids is 2. The number of allylic oxidation sites excluding steroid dienone is 1. The van der Waals surface area contributed by atoms with Crippen molar-refractivity contribution in [3.05, 3.63) is 60.8 Å². The van der Waals surface area contributed by atoms with Crippen LogP contribution in [-0.2, 0) is 9.59 Å². The predicted molar refractivity (Wildman–Crippen MR) is 65.0 cm³/mol. The first kappa shape index (κ1) is 11.3. The van der Waals surface area contributed by atoms with Crippen LogP contribution in [0.1, 0.15) is 17.9 Å². The highest BCUT2D eigenvalue weighted by atomic mass is 16.2. The minimum atomic E-state index is -0.404. The Bertz CT molecular complexity index is 490. The van der Waals surface area contributed by atoms with E-state index >= 15 is 0 Å². The van der Waals surface area contributed by atoms with Gasteiger partial charge in [0.25, 0.3) is 5.91 Å². The second kappa shape index (κ2) is 4.37. The number of likely N-dealkylation sites (tertiary alicyclic amines) is 1. The lowest BCUT2D eigenvalue weighted by molar-refractivity contribution is -0.137. The fraction of sp³-hybridized carbons (Fsp3) is 0.143. The van der Waals surface area contributed by atoms with Gasteiger partial charge in [0.2, 0.25) is 5.91 Å². The smallest absolute Gasteiger partial charge is 0.256 e. The number of hydrogen-bond donors (Lipinski definition) is 0. The van der Waals surface area contributed by atoms with Crippen LogP contribution in [0.15, 0.2) is 55.3 Å². The number of carbonyl (C=O) groups is 2. The van der Waals surface area contributed by atoms with Crippen LogP contribution in [0.3, 0.4) is 0 Å². The summed E-state index contributed by atoms with van der Waals surface area (Å²) in [4.78, 5) is 24.4. The fourth-order valence-electron chi connectivity index (χ4n) is 2.05. The molecule has 1 unspecified atom stereocenters. The summed E-state index contributed by atoms with van der Waals surface area (Å²) in [6.45, 7) is 7.24. The molecule has 1 aliphatic rings. The maximum atomic E-state index is 11.8. The lowest BCUT2D eigenvalue weighted by atomic mass is 9.96. The van der Waals surface area contributed by atoms with Crippen molar-refractivity contribution in [2.24, 2.45) is 0 Å². The summed E-state index contributed by atoms with van der Waals surface area (Å²) < 4.78 is 0. The molecule has 0 N–H and O–H groups in total. The third-order valence-corrected chi connectivity index (χ3v) is 2.91. The molecule has 3 nitrogen and oxygen atoms in total. The van der Waals surface area contributed by atoms with E-state index in [-0.39, 0.29) is 11.8 Å². The van der Waals surface area contributed by atoms with Crippen molar-refractivity contribution >= 4 is 11.8 Å². The van der Waals surface area contributed by atoms with E-state index in [0.29, 0.717) is 12.1 Å². The topological polar surface area (TPSA) is 37.4 Å². The van der Waals surface area contributed by atoms with Gasteiger partial charge in [-0.3, -0.25) is 14.5 Å². The van der Waals surface area contributed by atoms with E-state index in [2.05, 4.69) is 13.2 Å². The molecule has 2 rings (SSSR count). The fourth-order valence-corrected chi connectivity index (χ4v) is 2.05. The molecule has 1 aliphatic heterocycles. The third-order valence-electron chi connectivity index (χ3n) is 2.91. The molecule has 0 spiro atoms. The van der Waals surface area contributed by atoms with Gasteiger partial charge in [-0.15, -0.1) is 0 Å². The van der Waals surface area contributed by atoms with E-state index < -0.39 is 5.91 Å². The molecule has 1 fully saturated rings. The highest BCUT2D eigenvalue weighted by Gasteiger charge is 2.37. The second-order valence-electron chi connectivity index (χ2n) is 3.93. The van der Waals surface area contributed by atoms with Gasteiger partial charge in [0.1, 0.15) is 0 Å². The number of rotatable bonds is 2. The third kappa shape index (κ3) is 1.91. The maximum Gasteiger partial charge on any atom is 0.256 e. The average molecular weight is 227 g/mol. The van der Waals surface area contributed by atoms with Gasteiger partial charge < -0.3 is 0 Å². The molecule has 1 saturated heterocycles. The van der Waals surface area contributed by atoms with Crippen LogP contribution < -0.4 is 0 Å². The summed E-state index contributed by atoms with van der Waals surface area (Å²) in [5.74, 6) is -0.722. The minimum Gasteiger partial charge on any atom is -0.274 e. The Morgan fingerprint density at radius 1 is 1.35 bits per heavy atom. The molecule has 0 aliphatic carbocycles. The van der Waals surface area contributed by atoms with Crippen molar-refractivity contribution in [3.63, 3.8) is 0 Å². The summed E-state index contributed by atoms with van der Waals surface area (Å²) in [5.41, 5.74) is 1.54. The molecule has 1 aromatic rings. The SMILES string of the molecule is C=CC(=O)N1C(=C)C(c2ccccc2)CC1=O. The summed E-state index contributed by atoms with van der Waals surface area (Å²) in [5, 5.41) is 0. The van der Waals surface area contributed by atoms with E-state index in [0.717, 1.165) is 16.5 Å². The van der Waals surface area contributed by atoms with E-state index in [1.165, 1.54) is 0 Å². The van der Waals surface area contributed by atoms with Gasteiger partial charge >= 0.3 is 0 Å². The monoisotopic (exact) mass is 227 g/mol. The van der Waals surface area contributed by atoms with Crippen molar-refractivity contribution < 1.29 is 9.59 Å². The van der Waals surface area contributed by atoms with Gasteiger partial charge in [-0.05, 0) is 11.6 Å². The van der Waals surface area contributed by atoms with Crippen LogP contribution in [0.2, 0.25) is 0 Å². The zero-order chi connectivity index (χ0) is 12.4. The Morgan fingerprint density at radius 3 is 2.59 bits per heavy atom. The molecule has 0 radical (unpaired) electrons. The quantitative estimate of drug-likeness (QED) is 0.726. The summed E-state index contributed by atoms with van der Waals surface area (Å²) in [7, 11) is 0. The Labute approximate surface area is 100 Å². The minimum absolute atomic E-state index is 0.104. The van der Waals surface area contributed by atoms with E-state index in [4.69, 9.17) is 0 Å². The van der Waals surface area contributed by atoms with Crippen molar-refractivity contribution in [3.8, 4) is 0 Å². The first-order valence-electron chi connectivity index (χ1n) is 5.38. The van der Waals surface area contributed by atoms with Crippen molar-refractivity contribution in [1.82, 2.24) is 4.90 Å². The molecule has 86 valence electrons. The average Bonchev–Trinajstić information content (AvgIpc) is 2.65. The maximum absolute atomic E-state index is 11.8. The Kier molecular flexibility index (Phi) is 2.91. The molecular formula is C14H13NO2. The van der Waals surface area contributed by atoms with Crippen molar-refractivity contribution in [2.45, 2.75) is 12.3 Å². The Balaban J connectivity index is 2.31. The summed E-state index contributed by atoms with van der Waals surface area (Å²) in [6.07, 6.45) is 1.43. The molecular weight excluding hydrogens is 214 g/mol. The van der Waals surface area contributed by atoms with E-state index in [1.54, 1.807) is 0 Å². The summed E-state index contributed by atoms with van der Waals surface area (Å²) in [6, 6.07) is 9.60. The largest absolute Gasteiger partial charge is 0.274 e. The van der Waals surface area contributed by atoms with E-state index in [9.17, 15) is 9.59 Å². The van der Waals surface area contributed by atoms with Crippen molar-refractivity contribution in [1.29, 1.82) is 0 Å². The highest BCUT2D eigenvalue weighted by molar-refractivity contribution is 6.04. The number of benzene rings is 1. The normalized spacial score (nSPS) is 19.5. The van der Waals surface area contributed by atoms with Gasteiger partial charge in [-0.25, -0.2) is 0 Å². The van der Waals surface area contributed by atoms with Gasteiger partial charge in [0, 0.05) is 18.0 Å². The first-order chi connectivity index (χ1) is 8.15. The standard InChI is InChI=1S/C14H13NO2/c1-3-13(16)15-10(2)12(9-14(15)17)11-7-5-4-6-8-11/h3-8,12H,1-2,9H2. The van der Waals surface area contributed by atoms with Gasteiger partial charge in [0.15, 0.2) is 0 Å². The molecule has 1 heterocycles. The molecule has 0 bridgehead atoms. The van der Waals surface area contributed by atoms with Crippen LogP contribution in [0, 0.1) is 0 Å². The number of nitrogens with zero attached hydrogens (tertiary/aromatic N) is 1. The van der Waals surface area contributed by atoms with Gasteiger partial charge in [-0.1, -0.05) is 43.5 Å². The molecule has 3 heteroatoms. The van der Waals surface area contributed by atoms with Crippen LogP contribution in [0.4, 0.5) is 0 Å². The molecule has 1 aromatic carbocycles. The highest BCUT2D eigenvalue weighted by Crippen LogP contribution is 2.36. The number of hydrogen-bond acceptors (Lipinski definition) is 2. The first-order valence-corrected chi connectivity index (χ1v) is 5.38. The van der Waals surface area contributed by atoms with Crippen LogP contribution in [0.5, 0.6) is 0 Å². The molecule has 2 amide bonds. The van der Waals surface area contributed by atoms with Crippen LogP contribution in [-0.4, -0.2) is 16.7 Å². The van der Waals surface area contributed by atoms with Crippen molar-refractivity contribution in [2.75, 3.05) is 0 Å². The molecule has 0 aromatic heterocycles. The predicted octanol–water partition coefficient (Wildman–Crippen LogP) is 2.23. The lowest BCUT2D eigenvalue weighted by Gasteiger charge is -2.15. The Hall–Kier alpha value is -2.16. The summed E-state index contributed by atoms with van der Waals surface area (Å²) >= 11 is 0. The van der Waals surface area contributed by atoms with E-state index in [1.807, 2.05) is 30.3 Å². The van der Waals surface area contributed by atoms with Gasteiger partial charge in [0.05, 0.1) is 0 Å².